The van der Waals surface area contributed by atoms with Gasteiger partial charge in [0.2, 0.25) is 11.8 Å². The number of methoxy groups -OCH3 is 1. The Kier molecular flexibility index (Phi) is 6.83. The van der Waals surface area contributed by atoms with Crippen molar-refractivity contribution in [3.63, 3.8) is 0 Å². The van der Waals surface area contributed by atoms with Crippen molar-refractivity contribution < 1.29 is 22.7 Å². The second-order valence-electron chi connectivity index (χ2n) is 6.32. The van der Waals surface area contributed by atoms with E-state index < -0.39 is 28.0 Å². The first-order chi connectivity index (χ1) is 13.8. The van der Waals surface area contributed by atoms with Crippen molar-refractivity contribution in [2.75, 3.05) is 24.1 Å². The number of rotatable bonds is 7. The fraction of sp³-hybridized carbons (Fsp3) is 0.333. The molecule has 1 aromatic heterocycles. The summed E-state index contributed by atoms with van der Waals surface area (Å²) in [6.45, 7) is 1.48. The number of sulfonamides is 1. The number of thioether (sulfide) groups is 1. The lowest BCUT2D eigenvalue weighted by Crippen LogP contribution is -2.51. The largest absolute Gasteiger partial charge is 0.497 e. The average Bonchev–Trinajstić information content (AvgIpc) is 3.39. The molecule has 3 rings (SSSR count). The molecule has 29 heavy (non-hydrogen) atoms. The van der Waals surface area contributed by atoms with Crippen LogP contribution < -0.4 is 14.8 Å². The quantitative estimate of drug-likeness (QED) is 0.661. The number of thiophene rings is 1. The van der Waals surface area contributed by atoms with Crippen molar-refractivity contribution in [1.82, 2.24) is 9.62 Å². The molecule has 11 heteroatoms. The van der Waals surface area contributed by atoms with E-state index >= 15 is 0 Å². The van der Waals surface area contributed by atoms with Gasteiger partial charge in [-0.05, 0) is 42.6 Å². The maximum atomic E-state index is 12.8. The molecule has 0 radical (unpaired) electrons. The van der Waals surface area contributed by atoms with Gasteiger partial charge in [-0.3, -0.25) is 9.59 Å². The summed E-state index contributed by atoms with van der Waals surface area (Å²) < 4.78 is 32.4. The Morgan fingerprint density at radius 3 is 2.59 bits per heavy atom. The standard InChI is InChI=1S/C18H21N3O5S3/c1-12(20-29(24,25)16-4-3-9-28-16)18(23)21-11-27-10-15(21)17(22)19-13-5-7-14(26-2)8-6-13/h3-9,12,15,20H,10-11H2,1-2H3,(H,19,22). The number of hydrogen-bond acceptors (Lipinski definition) is 7. The molecule has 2 N–H and O–H groups in total. The van der Waals surface area contributed by atoms with Gasteiger partial charge in [-0.15, -0.1) is 23.1 Å². The van der Waals surface area contributed by atoms with Crippen LogP contribution in [0.3, 0.4) is 0 Å². The maximum Gasteiger partial charge on any atom is 0.250 e. The van der Waals surface area contributed by atoms with Crippen molar-refractivity contribution in [2.24, 2.45) is 0 Å². The van der Waals surface area contributed by atoms with Crippen LogP contribution in [0, 0.1) is 0 Å². The predicted octanol–water partition coefficient (Wildman–Crippen LogP) is 1.96. The van der Waals surface area contributed by atoms with Crippen LogP contribution in [0.25, 0.3) is 0 Å². The molecule has 1 aromatic carbocycles. The third-order valence-corrected chi connectivity index (χ3v) is 8.24. The maximum absolute atomic E-state index is 12.8. The summed E-state index contributed by atoms with van der Waals surface area (Å²) in [4.78, 5) is 26.9. The number of hydrogen-bond donors (Lipinski definition) is 2. The van der Waals surface area contributed by atoms with E-state index in [1.807, 2.05) is 0 Å². The van der Waals surface area contributed by atoms with Crippen molar-refractivity contribution in [3.05, 3.63) is 41.8 Å². The molecule has 2 unspecified atom stereocenters. The zero-order valence-corrected chi connectivity index (χ0v) is 18.3. The molecule has 2 heterocycles. The van der Waals surface area contributed by atoms with Crippen LogP contribution in [-0.2, 0) is 19.6 Å². The van der Waals surface area contributed by atoms with E-state index in [4.69, 9.17) is 4.74 Å². The lowest BCUT2D eigenvalue weighted by atomic mass is 10.2. The molecule has 0 aliphatic carbocycles. The van der Waals surface area contributed by atoms with E-state index in [-0.39, 0.29) is 10.1 Å². The number of nitrogens with one attached hydrogen (secondary N) is 2. The van der Waals surface area contributed by atoms with Crippen LogP contribution >= 0.6 is 23.1 Å². The smallest absolute Gasteiger partial charge is 0.250 e. The molecule has 1 aliphatic heterocycles. The SMILES string of the molecule is COc1ccc(NC(=O)C2CSCN2C(=O)C(C)NS(=O)(=O)c2cccs2)cc1. The fourth-order valence-corrected chi connectivity index (χ4v) is 6.15. The number of anilines is 1. The lowest BCUT2D eigenvalue weighted by molar-refractivity contribution is -0.137. The van der Waals surface area contributed by atoms with Gasteiger partial charge in [0.1, 0.15) is 16.0 Å². The highest BCUT2D eigenvalue weighted by molar-refractivity contribution is 7.99. The van der Waals surface area contributed by atoms with Gasteiger partial charge in [-0.1, -0.05) is 6.07 Å². The van der Waals surface area contributed by atoms with E-state index in [0.29, 0.717) is 23.1 Å². The van der Waals surface area contributed by atoms with E-state index in [2.05, 4.69) is 10.0 Å². The molecule has 2 atom stereocenters. The number of ether oxygens (including phenoxy) is 1. The van der Waals surface area contributed by atoms with Crippen LogP contribution in [0.2, 0.25) is 0 Å². The second kappa shape index (κ2) is 9.16. The highest BCUT2D eigenvalue weighted by Crippen LogP contribution is 2.24. The minimum absolute atomic E-state index is 0.141. The molecule has 1 fully saturated rings. The van der Waals surface area contributed by atoms with Gasteiger partial charge in [0, 0.05) is 11.4 Å². The average molecular weight is 456 g/mol. The fourth-order valence-electron chi connectivity index (χ4n) is 2.78. The van der Waals surface area contributed by atoms with Gasteiger partial charge in [-0.25, -0.2) is 8.42 Å². The molecule has 1 saturated heterocycles. The van der Waals surface area contributed by atoms with Gasteiger partial charge >= 0.3 is 0 Å². The van der Waals surface area contributed by atoms with Gasteiger partial charge in [0.15, 0.2) is 0 Å². The monoisotopic (exact) mass is 455 g/mol. The van der Waals surface area contributed by atoms with Gasteiger partial charge in [-0.2, -0.15) is 4.72 Å². The Morgan fingerprint density at radius 2 is 1.97 bits per heavy atom. The van der Waals surface area contributed by atoms with Crippen molar-refractivity contribution >= 4 is 50.6 Å². The summed E-state index contributed by atoms with van der Waals surface area (Å²) in [6, 6.07) is 8.31. The summed E-state index contributed by atoms with van der Waals surface area (Å²) in [5, 5.41) is 4.44. The molecule has 8 nitrogen and oxygen atoms in total. The summed E-state index contributed by atoms with van der Waals surface area (Å²) in [5.41, 5.74) is 0.589. The number of nitrogens with zero attached hydrogens (tertiary/aromatic N) is 1. The van der Waals surface area contributed by atoms with Crippen molar-refractivity contribution in [1.29, 1.82) is 0 Å². The van der Waals surface area contributed by atoms with Gasteiger partial charge in [0.25, 0.3) is 10.0 Å². The Labute approximate surface area is 177 Å². The van der Waals surface area contributed by atoms with E-state index in [9.17, 15) is 18.0 Å². The van der Waals surface area contributed by atoms with Crippen LogP contribution in [0.15, 0.2) is 46.0 Å². The molecular weight excluding hydrogens is 434 g/mol. The van der Waals surface area contributed by atoms with Crippen molar-refractivity contribution in [3.8, 4) is 5.75 Å². The number of benzene rings is 1. The Morgan fingerprint density at radius 1 is 1.24 bits per heavy atom. The minimum Gasteiger partial charge on any atom is -0.497 e. The van der Waals surface area contributed by atoms with Crippen LogP contribution in [0.4, 0.5) is 5.69 Å². The zero-order chi connectivity index (χ0) is 21.0. The first kappa shape index (κ1) is 21.6. The van der Waals surface area contributed by atoms with E-state index in [0.717, 1.165) is 11.3 Å². The van der Waals surface area contributed by atoms with E-state index in [1.54, 1.807) is 42.8 Å². The molecular formula is C18H21N3O5S3. The van der Waals surface area contributed by atoms with Crippen LogP contribution in [0.1, 0.15) is 6.92 Å². The Hall–Kier alpha value is -2.08. The summed E-state index contributed by atoms with van der Waals surface area (Å²) in [6.07, 6.45) is 0. The summed E-state index contributed by atoms with van der Waals surface area (Å²) in [5.74, 6) is 0.679. The van der Waals surface area contributed by atoms with E-state index in [1.165, 1.54) is 29.7 Å². The third kappa shape index (κ3) is 5.10. The predicted molar refractivity (Wildman–Crippen MR) is 114 cm³/mol. The van der Waals surface area contributed by atoms with Crippen molar-refractivity contribution in [2.45, 2.75) is 23.2 Å². The number of carbonyl (C=O) groups excluding carboxylic acids is 2. The molecule has 2 amide bonds. The van der Waals surface area contributed by atoms with Gasteiger partial charge in [0.05, 0.1) is 19.0 Å². The molecule has 0 saturated carbocycles. The second-order valence-corrected chi connectivity index (χ2v) is 10.2. The number of carbonyl (C=O) groups is 2. The Bertz CT molecular complexity index is 961. The Balaban J connectivity index is 1.65. The van der Waals surface area contributed by atoms with Gasteiger partial charge < -0.3 is 15.0 Å². The molecule has 0 bridgehead atoms. The zero-order valence-electron chi connectivity index (χ0n) is 15.8. The summed E-state index contributed by atoms with van der Waals surface area (Å²) >= 11 is 2.52. The molecule has 156 valence electrons. The van der Waals surface area contributed by atoms with Crippen LogP contribution in [0.5, 0.6) is 5.75 Å². The molecule has 1 aliphatic rings. The first-order valence-electron chi connectivity index (χ1n) is 8.71. The normalized spacial score (nSPS) is 17.7. The highest BCUT2D eigenvalue weighted by Gasteiger charge is 2.37. The highest BCUT2D eigenvalue weighted by atomic mass is 32.2. The lowest BCUT2D eigenvalue weighted by Gasteiger charge is -2.26. The summed E-state index contributed by atoms with van der Waals surface area (Å²) in [7, 11) is -2.23. The first-order valence-corrected chi connectivity index (χ1v) is 12.2. The molecule has 2 aromatic rings. The van der Waals surface area contributed by atoms with Crippen LogP contribution in [-0.4, -0.2) is 56.0 Å². The number of amides is 2. The minimum atomic E-state index is -3.78. The topological polar surface area (TPSA) is 105 Å². The molecule has 0 spiro atoms. The third-order valence-electron chi connectivity index (χ3n) is 4.29.